The number of ketones is 1. The van der Waals surface area contributed by atoms with E-state index >= 15 is 0 Å². The fourth-order valence-corrected chi connectivity index (χ4v) is 5.85. The average molecular weight is 486 g/mol. The first-order valence-electron chi connectivity index (χ1n) is 13.1. The number of aromatic nitrogens is 1. The van der Waals surface area contributed by atoms with E-state index in [0.717, 1.165) is 71.3 Å². The van der Waals surface area contributed by atoms with Crippen LogP contribution in [0.2, 0.25) is 0 Å². The Morgan fingerprint density at radius 3 is 2.61 bits per heavy atom. The molecule has 6 nitrogen and oxygen atoms in total. The highest BCUT2D eigenvalue weighted by atomic mass is 16.5. The number of benzene rings is 2. The molecule has 1 aromatic heterocycles. The molecule has 188 valence electrons. The zero-order valence-electron chi connectivity index (χ0n) is 21.7. The second kappa shape index (κ2) is 9.72. The Kier molecular flexibility index (Phi) is 6.63. The molecule has 36 heavy (non-hydrogen) atoms. The molecular formula is C30H35N3O3. The van der Waals surface area contributed by atoms with Crippen molar-refractivity contribution in [2.24, 2.45) is 0 Å². The normalized spacial score (nSPS) is 17.2. The molecule has 0 saturated carbocycles. The van der Waals surface area contributed by atoms with Crippen molar-refractivity contribution in [2.75, 3.05) is 37.8 Å². The monoisotopic (exact) mass is 485 g/mol. The third-order valence-corrected chi connectivity index (χ3v) is 7.87. The van der Waals surface area contributed by atoms with Crippen molar-refractivity contribution in [3.05, 3.63) is 63.8 Å². The summed E-state index contributed by atoms with van der Waals surface area (Å²) in [5.74, 6) is 0.0675. The fourth-order valence-electron chi connectivity index (χ4n) is 5.85. The summed E-state index contributed by atoms with van der Waals surface area (Å²) in [7, 11) is 0. The van der Waals surface area contributed by atoms with Crippen LogP contribution in [-0.4, -0.2) is 49.8 Å². The highest BCUT2D eigenvalue weighted by molar-refractivity contribution is 6.21. The number of aromatic amines is 1. The third kappa shape index (κ3) is 4.01. The van der Waals surface area contributed by atoms with E-state index in [4.69, 9.17) is 9.47 Å². The average Bonchev–Trinajstić information content (AvgIpc) is 3.30. The van der Waals surface area contributed by atoms with Gasteiger partial charge in [-0.05, 0) is 49.4 Å². The van der Waals surface area contributed by atoms with Crippen molar-refractivity contribution >= 4 is 22.4 Å². The van der Waals surface area contributed by atoms with Gasteiger partial charge in [0.05, 0.1) is 41.6 Å². The van der Waals surface area contributed by atoms with Crippen molar-refractivity contribution in [1.82, 2.24) is 4.98 Å². The maximum absolute atomic E-state index is 13.8. The van der Waals surface area contributed by atoms with Gasteiger partial charge in [-0.1, -0.05) is 39.0 Å². The van der Waals surface area contributed by atoms with Crippen LogP contribution in [0.3, 0.4) is 0 Å². The summed E-state index contributed by atoms with van der Waals surface area (Å²) >= 11 is 0. The van der Waals surface area contributed by atoms with E-state index in [0.29, 0.717) is 25.4 Å². The Morgan fingerprint density at radius 2 is 1.92 bits per heavy atom. The van der Waals surface area contributed by atoms with Crippen molar-refractivity contribution in [2.45, 2.75) is 58.5 Å². The van der Waals surface area contributed by atoms with E-state index in [1.807, 2.05) is 19.1 Å². The molecule has 1 saturated heterocycles. The molecule has 0 unspecified atom stereocenters. The number of anilines is 1. The molecule has 2 heterocycles. The first-order valence-corrected chi connectivity index (χ1v) is 13.1. The Hall–Kier alpha value is -3.14. The number of H-pyrrole nitrogens is 1. The SMILES string of the molecule is CCOCCOC1CCN(c2c(C#N)ccc3c4c([nH]c23)C(C)(C)c2ccc(CC)cc2C4=O)CC1. The molecule has 1 aliphatic carbocycles. The van der Waals surface area contributed by atoms with Crippen LogP contribution in [0, 0.1) is 11.3 Å². The lowest BCUT2D eigenvalue weighted by atomic mass is 9.71. The molecule has 2 aliphatic rings. The number of nitrogens with zero attached hydrogens (tertiary/aromatic N) is 2. The van der Waals surface area contributed by atoms with Crippen LogP contribution in [0.25, 0.3) is 10.9 Å². The quantitative estimate of drug-likeness (QED) is 0.448. The minimum atomic E-state index is -0.352. The largest absolute Gasteiger partial charge is 0.379 e. The predicted octanol–water partition coefficient (Wildman–Crippen LogP) is 5.49. The van der Waals surface area contributed by atoms with Crippen LogP contribution < -0.4 is 4.90 Å². The number of ether oxygens (including phenoxy) is 2. The van der Waals surface area contributed by atoms with E-state index in [9.17, 15) is 10.1 Å². The number of nitriles is 1. The van der Waals surface area contributed by atoms with Crippen molar-refractivity contribution in [1.29, 1.82) is 5.26 Å². The number of carbonyl (C=O) groups is 1. The molecule has 1 N–H and O–H groups in total. The van der Waals surface area contributed by atoms with Crippen LogP contribution in [0.15, 0.2) is 30.3 Å². The van der Waals surface area contributed by atoms with E-state index in [-0.39, 0.29) is 17.3 Å². The summed E-state index contributed by atoms with van der Waals surface area (Å²) < 4.78 is 11.4. The zero-order valence-corrected chi connectivity index (χ0v) is 21.7. The molecule has 1 aliphatic heterocycles. The van der Waals surface area contributed by atoms with Gasteiger partial charge in [-0.3, -0.25) is 4.79 Å². The number of hydrogen-bond acceptors (Lipinski definition) is 5. The van der Waals surface area contributed by atoms with Crippen LogP contribution in [0.5, 0.6) is 0 Å². The van der Waals surface area contributed by atoms with Gasteiger partial charge in [0.15, 0.2) is 5.78 Å². The summed E-state index contributed by atoms with van der Waals surface area (Å²) in [6.45, 7) is 12.0. The predicted molar refractivity (Wildman–Crippen MR) is 142 cm³/mol. The number of rotatable bonds is 7. The van der Waals surface area contributed by atoms with Crippen molar-refractivity contribution < 1.29 is 14.3 Å². The molecule has 0 radical (unpaired) electrons. The van der Waals surface area contributed by atoms with Crippen LogP contribution >= 0.6 is 0 Å². The lowest BCUT2D eigenvalue weighted by Gasteiger charge is -2.34. The van der Waals surface area contributed by atoms with Gasteiger partial charge in [0, 0.05) is 41.8 Å². The Bertz CT molecular complexity index is 1340. The Balaban J connectivity index is 1.53. The number of piperidine rings is 1. The van der Waals surface area contributed by atoms with Gasteiger partial charge in [0.25, 0.3) is 0 Å². The van der Waals surface area contributed by atoms with Crippen LogP contribution in [0.1, 0.15) is 78.8 Å². The molecule has 0 amide bonds. The number of hydrogen-bond donors (Lipinski definition) is 1. The molecule has 1 fully saturated rings. The summed E-state index contributed by atoms with van der Waals surface area (Å²) in [5, 5.41) is 10.9. The van der Waals surface area contributed by atoms with Crippen molar-refractivity contribution in [3.8, 4) is 6.07 Å². The Morgan fingerprint density at radius 1 is 1.14 bits per heavy atom. The minimum Gasteiger partial charge on any atom is -0.379 e. The second-order valence-electron chi connectivity index (χ2n) is 10.3. The van der Waals surface area contributed by atoms with Gasteiger partial charge in [-0.15, -0.1) is 0 Å². The van der Waals surface area contributed by atoms with Crippen LogP contribution in [-0.2, 0) is 21.3 Å². The van der Waals surface area contributed by atoms with Crippen molar-refractivity contribution in [3.63, 3.8) is 0 Å². The van der Waals surface area contributed by atoms with Gasteiger partial charge < -0.3 is 19.4 Å². The summed E-state index contributed by atoms with van der Waals surface area (Å²) in [6.07, 6.45) is 2.88. The maximum Gasteiger partial charge on any atom is 0.195 e. The minimum absolute atomic E-state index is 0.0675. The standard InChI is InChI=1S/C30H35N3O3/c1-5-19-7-10-24-23(17-19)28(34)25-22-9-8-20(18-31)27(26(22)32-29(25)30(24,3)4)33-13-11-21(12-14-33)36-16-15-35-6-2/h7-10,17,21,32H,5-6,11-16H2,1-4H3. The van der Waals surface area contributed by atoms with Gasteiger partial charge in [0.2, 0.25) is 0 Å². The van der Waals surface area contributed by atoms with Crippen LogP contribution in [0.4, 0.5) is 5.69 Å². The van der Waals surface area contributed by atoms with Gasteiger partial charge in [-0.2, -0.15) is 5.26 Å². The highest BCUT2D eigenvalue weighted by Gasteiger charge is 2.40. The molecule has 0 spiro atoms. The summed E-state index contributed by atoms with van der Waals surface area (Å²) in [6, 6.07) is 12.5. The number of carbonyl (C=O) groups excluding carboxylic acids is 1. The molecule has 5 rings (SSSR count). The zero-order chi connectivity index (χ0) is 25.4. The smallest absolute Gasteiger partial charge is 0.195 e. The fraction of sp³-hybridized carbons (Fsp3) is 0.467. The molecule has 2 aromatic carbocycles. The van der Waals surface area contributed by atoms with Gasteiger partial charge >= 0.3 is 0 Å². The summed E-state index contributed by atoms with van der Waals surface area (Å²) in [5.41, 5.74) is 6.77. The molecule has 0 atom stereocenters. The van der Waals surface area contributed by atoms with Gasteiger partial charge in [0.1, 0.15) is 6.07 Å². The number of nitrogens with one attached hydrogen (secondary N) is 1. The topological polar surface area (TPSA) is 78.3 Å². The van der Waals surface area contributed by atoms with E-state index < -0.39 is 0 Å². The maximum atomic E-state index is 13.8. The lowest BCUT2D eigenvalue weighted by molar-refractivity contribution is -0.00229. The lowest BCUT2D eigenvalue weighted by Crippen LogP contribution is -2.38. The van der Waals surface area contributed by atoms with Gasteiger partial charge in [-0.25, -0.2) is 0 Å². The first kappa shape index (κ1) is 24.5. The van der Waals surface area contributed by atoms with E-state index in [1.54, 1.807) is 0 Å². The number of fused-ring (bicyclic) bond motifs is 4. The molecule has 3 aromatic rings. The number of aryl methyl sites for hydroxylation is 1. The van der Waals surface area contributed by atoms with E-state index in [1.165, 1.54) is 5.56 Å². The second-order valence-corrected chi connectivity index (χ2v) is 10.3. The third-order valence-electron chi connectivity index (χ3n) is 7.87. The Labute approximate surface area is 213 Å². The molecular weight excluding hydrogens is 450 g/mol. The van der Waals surface area contributed by atoms with E-state index in [2.05, 4.69) is 54.9 Å². The molecule has 0 bridgehead atoms. The highest BCUT2D eigenvalue weighted by Crippen LogP contribution is 2.46. The first-order chi connectivity index (χ1) is 17.4. The molecule has 6 heteroatoms. The summed E-state index contributed by atoms with van der Waals surface area (Å²) in [4.78, 5) is 19.8.